The number of carbonyl (C=O) groups excluding carboxylic acids is 1. The van der Waals surface area contributed by atoms with Crippen molar-refractivity contribution >= 4 is 11.6 Å². The molecule has 7 heteroatoms. The van der Waals surface area contributed by atoms with E-state index in [-0.39, 0.29) is 5.91 Å². The van der Waals surface area contributed by atoms with Gasteiger partial charge in [-0.25, -0.2) is 0 Å². The number of benzene rings is 2. The van der Waals surface area contributed by atoms with Crippen molar-refractivity contribution in [2.45, 2.75) is 6.54 Å². The molecular weight excluding hydrogens is 366 g/mol. The fraction of sp³-hybridized carbons (Fsp3) is 0.136. The van der Waals surface area contributed by atoms with Gasteiger partial charge in [0.15, 0.2) is 5.69 Å². The lowest BCUT2D eigenvalue weighted by molar-refractivity contribution is 0.102. The maximum absolute atomic E-state index is 12.7. The standard InChI is InChI=1S/C22H21N5O2/c1-26-21(17-7-9-19(29-2)10-8-17)14-20(25-26)22(28)24-18-6-3-5-16(13-18)15-27-12-4-11-23-27/h3-14H,15H2,1-2H3,(H,24,28). The summed E-state index contributed by atoms with van der Waals surface area (Å²) in [6.45, 7) is 0.641. The minimum absolute atomic E-state index is 0.253. The van der Waals surface area contributed by atoms with E-state index >= 15 is 0 Å². The topological polar surface area (TPSA) is 74.0 Å². The van der Waals surface area contributed by atoms with Gasteiger partial charge in [0, 0.05) is 30.7 Å². The molecule has 0 saturated carbocycles. The first-order chi connectivity index (χ1) is 14.1. The second-order valence-electron chi connectivity index (χ2n) is 6.63. The zero-order chi connectivity index (χ0) is 20.2. The number of hydrogen-bond donors (Lipinski definition) is 1. The number of ether oxygens (including phenoxy) is 1. The van der Waals surface area contributed by atoms with E-state index < -0.39 is 0 Å². The fourth-order valence-corrected chi connectivity index (χ4v) is 3.13. The van der Waals surface area contributed by atoms with Crippen molar-refractivity contribution in [1.29, 1.82) is 0 Å². The van der Waals surface area contributed by atoms with Crippen LogP contribution in [-0.2, 0) is 13.6 Å². The summed E-state index contributed by atoms with van der Waals surface area (Å²) in [5.74, 6) is 0.528. The molecule has 2 aromatic heterocycles. The molecule has 29 heavy (non-hydrogen) atoms. The van der Waals surface area contributed by atoms with Crippen LogP contribution < -0.4 is 10.1 Å². The molecule has 4 rings (SSSR count). The van der Waals surface area contributed by atoms with Gasteiger partial charge in [-0.3, -0.25) is 14.2 Å². The lowest BCUT2D eigenvalue weighted by atomic mass is 10.1. The molecule has 0 bridgehead atoms. The Bertz CT molecular complexity index is 1110. The Labute approximate surface area is 168 Å². The van der Waals surface area contributed by atoms with E-state index in [9.17, 15) is 4.79 Å². The molecule has 2 heterocycles. The number of anilines is 1. The van der Waals surface area contributed by atoms with Gasteiger partial charge < -0.3 is 10.1 Å². The molecule has 1 N–H and O–H groups in total. The van der Waals surface area contributed by atoms with Gasteiger partial charge in [0.2, 0.25) is 0 Å². The Hall–Kier alpha value is -3.87. The van der Waals surface area contributed by atoms with Crippen LogP contribution in [0.3, 0.4) is 0 Å². The summed E-state index contributed by atoms with van der Waals surface area (Å²) in [5.41, 5.74) is 3.94. The molecular formula is C22H21N5O2. The molecule has 7 nitrogen and oxygen atoms in total. The predicted molar refractivity (Wildman–Crippen MR) is 111 cm³/mol. The Morgan fingerprint density at radius 3 is 2.66 bits per heavy atom. The molecule has 0 atom stereocenters. The van der Waals surface area contributed by atoms with Gasteiger partial charge in [-0.05, 0) is 54.1 Å². The van der Waals surface area contributed by atoms with E-state index in [1.54, 1.807) is 24.1 Å². The Kier molecular flexibility index (Phi) is 5.11. The third-order valence-corrected chi connectivity index (χ3v) is 4.59. The largest absolute Gasteiger partial charge is 0.497 e. The van der Waals surface area contributed by atoms with Crippen LogP contribution in [0.1, 0.15) is 16.1 Å². The predicted octanol–water partition coefficient (Wildman–Crippen LogP) is 3.59. The molecule has 4 aromatic rings. The third-order valence-electron chi connectivity index (χ3n) is 4.59. The van der Waals surface area contributed by atoms with E-state index in [2.05, 4.69) is 15.5 Å². The number of amides is 1. The molecule has 0 aliphatic rings. The van der Waals surface area contributed by atoms with Crippen molar-refractivity contribution in [3.63, 3.8) is 0 Å². The van der Waals surface area contributed by atoms with Crippen molar-refractivity contribution in [3.8, 4) is 17.0 Å². The molecule has 0 spiro atoms. The number of nitrogens with zero attached hydrogens (tertiary/aromatic N) is 4. The Morgan fingerprint density at radius 2 is 1.93 bits per heavy atom. The van der Waals surface area contributed by atoms with Crippen molar-refractivity contribution in [2.24, 2.45) is 7.05 Å². The second-order valence-corrected chi connectivity index (χ2v) is 6.63. The smallest absolute Gasteiger partial charge is 0.276 e. The summed E-state index contributed by atoms with van der Waals surface area (Å²) in [6, 6.07) is 19.0. The molecule has 0 aliphatic carbocycles. The van der Waals surface area contributed by atoms with Crippen LogP contribution in [0.4, 0.5) is 5.69 Å². The molecule has 146 valence electrons. The summed E-state index contributed by atoms with van der Waals surface area (Å²) in [5, 5.41) is 11.5. The molecule has 0 unspecified atom stereocenters. The number of rotatable bonds is 6. The number of aryl methyl sites for hydroxylation is 1. The maximum Gasteiger partial charge on any atom is 0.276 e. The molecule has 0 radical (unpaired) electrons. The van der Waals surface area contributed by atoms with Crippen LogP contribution >= 0.6 is 0 Å². The van der Waals surface area contributed by atoms with Crippen LogP contribution in [0.25, 0.3) is 11.3 Å². The van der Waals surface area contributed by atoms with Crippen molar-refractivity contribution in [3.05, 3.63) is 84.3 Å². The van der Waals surface area contributed by atoms with Gasteiger partial charge >= 0.3 is 0 Å². The molecule has 1 amide bonds. The first-order valence-electron chi connectivity index (χ1n) is 9.18. The van der Waals surface area contributed by atoms with Crippen LogP contribution in [-0.4, -0.2) is 32.6 Å². The van der Waals surface area contributed by atoms with Crippen molar-refractivity contribution in [2.75, 3.05) is 12.4 Å². The van der Waals surface area contributed by atoms with E-state index in [0.29, 0.717) is 12.2 Å². The van der Waals surface area contributed by atoms with Crippen LogP contribution in [0.15, 0.2) is 73.1 Å². The van der Waals surface area contributed by atoms with E-state index in [1.807, 2.05) is 72.5 Å². The van der Waals surface area contributed by atoms with E-state index in [0.717, 1.165) is 28.3 Å². The Morgan fingerprint density at radius 1 is 1.10 bits per heavy atom. The highest BCUT2D eigenvalue weighted by atomic mass is 16.5. The monoisotopic (exact) mass is 387 g/mol. The number of aromatic nitrogens is 4. The maximum atomic E-state index is 12.7. The number of carbonyl (C=O) groups is 1. The highest BCUT2D eigenvalue weighted by Gasteiger charge is 2.14. The van der Waals surface area contributed by atoms with Crippen LogP contribution in [0, 0.1) is 0 Å². The summed E-state index contributed by atoms with van der Waals surface area (Å²) >= 11 is 0. The van der Waals surface area contributed by atoms with Crippen molar-refractivity contribution in [1.82, 2.24) is 19.6 Å². The summed E-state index contributed by atoms with van der Waals surface area (Å²) in [4.78, 5) is 12.7. The number of methoxy groups -OCH3 is 1. The highest BCUT2D eigenvalue weighted by Crippen LogP contribution is 2.23. The summed E-state index contributed by atoms with van der Waals surface area (Å²) in [6.07, 6.45) is 3.65. The molecule has 0 aliphatic heterocycles. The quantitative estimate of drug-likeness (QED) is 0.549. The zero-order valence-electron chi connectivity index (χ0n) is 16.2. The molecule has 2 aromatic carbocycles. The molecule has 0 saturated heterocycles. The van der Waals surface area contributed by atoms with E-state index in [1.165, 1.54) is 0 Å². The van der Waals surface area contributed by atoms with Crippen LogP contribution in [0.5, 0.6) is 5.75 Å². The third kappa shape index (κ3) is 4.19. The van der Waals surface area contributed by atoms with Crippen molar-refractivity contribution < 1.29 is 9.53 Å². The first-order valence-corrected chi connectivity index (χ1v) is 9.18. The van der Waals surface area contributed by atoms with Gasteiger partial charge in [0.1, 0.15) is 5.75 Å². The summed E-state index contributed by atoms with van der Waals surface area (Å²) in [7, 11) is 3.45. The normalized spacial score (nSPS) is 10.7. The summed E-state index contributed by atoms with van der Waals surface area (Å²) < 4.78 is 8.73. The Balaban J connectivity index is 1.50. The fourth-order valence-electron chi connectivity index (χ4n) is 3.13. The highest BCUT2D eigenvalue weighted by molar-refractivity contribution is 6.03. The minimum Gasteiger partial charge on any atom is -0.497 e. The molecule has 0 fully saturated rings. The second kappa shape index (κ2) is 8.02. The SMILES string of the molecule is COc1ccc(-c2cc(C(=O)Nc3cccc(Cn4cccn4)c3)nn2C)cc1. The average Bonchev–Trinajstić information content (AvgIpc) is 3.38. The average molecular weight is 387 g/mol. The van der Waals surface area contributed by atoms with Gasteiger partial charge in [-0.1, -0.05) is 12.1 Å². The lowest BCUT2D eigenvalue weighted by Crippen LogP contribution is -2.13. The number of nitrogens with one attached hydrogen (secondary N) is 1. The number of hydrogen-bond acceptors (Lipinski definition) is 4. The van der Waals surface area contributed by atoms with Gasteiger partial charge in [0.05, 0.1) is 19.3 Å². The van der Waals surface area contributed by atoms with Gasteiger partial charge in [-0.2, -0.15) is 10.2 Å². The van der Waals surface area contributed by atoms with E-state index in [4.69, 9.17) is 4.74 Å². The minimum atomic E-state index is -0.253. The zero-order valence-corrected chi connectivity index (χ0v) is 16.2. The first kappa shape index (κ1) is 18.5. The van der Waals surface area contributed by atoms with Crippen LogP contribution in [0.2, 0.25) is 0 Å². The van der Waals surface area contributed by atoms with Gasteiger partial charge in [-0.15, -0.1) is 0 Å². The van der Waals surface area contributed by atoms with Gasteiger partial charge in [0.25, 0.3) is 5.91 Å². The lowest BCUT2D eigenvalue weighted by Gasteiger charge is -2.06.